The molecule has 0 radical (unpaired) electrons. The lowest BCUT2D eigenvalue weighted by molar-refractivity contribution is -0.122. The number of carbonyl (C=O) groups is 2. The monoisotopic (exact) mass is 455 g/mol. The first-order valence-electron chi connectivity index (χ1n) is 9.60. The fraction of sp³-hybridized carbons (Fsp3) is 0.130. The second-order valence-corrected chi connectivity index (χ2v) is 8.95. The number of hydrogen-bond acceptors (Lipinski definition) is 4. The van der Waals surface area contributed by atoms with Crippen LogP contribution in [-0.2, 0) is 14.8 Å². The summed E-state index contributed by atoms with van der Waals surface area (Å²) in [6.45, 7) is 1.89. The van der Waals surface area contributed by atoms with Crippen LogP contribution >= 0.6 is 0 Å². The number of likely N-dealkylation sites (N-methyl/N-ethyl adjacent to an activating group) is 1. The summed E-state index contributed by atoms with van der Waals surface area (Å²) in [4.78, 5) is 25.9. The number of halogens is 1. The van der Waals surface area contributed by atoms with Crippen LogP contribution in [0.25, 0.3) is 0 Å². The molecule has 3 aromatic carbocycles. The van der Waals surface area contributed by atoms with Crippen molar-refractivity contribution in [1.82, 2.24) is 4.90 Å². The minimum Gasteiger partial charge on any atom is -0.368 e. The van der Waals surface area contributed by atoms with Gasteiger partial charge in [-0.3, -0.25) is 14.3 Å². The molecule has 0 spiro atoms. The quantitative estimate of drug-likeness (QED) is 0.570. The molecule has 9 heteroatoms. The average molecular weight is 456 g/mol. The van der Waals surface area contributed by atoms with E-state index in [-0.39, 0.29) is 16.0 Å². The molecule has 3 rings (SSSR count). The van der Waals surface area contributed by atoms with Gasteiger partial charge in [0.1, 0.15) is 11.9 Å². The van der Waals surface area contributed by atoms with E-state index >= 15 is 0 Å². The van der Waals surface area contributed by atoms with Gasteiger partial charge in [-0.2, -0.15) is 0 Å². The minimum atomic E-state index is -3.86. The number of nitrogens with one attached hydrogen (secondary N) is 1. The molecule has 1 unspecified atom stereocenters. The Labute approximate surface area is 185 Å². The summed E-state index contributed by atoms with van der Waals surface area (Å²) in [6, 6.07) is 16.2. The van der Waals surface area contributed by atoms with Gasteiger partial charge in [0.25, 0.3) is 15.9 Å². The molecule has 0 aliphatic rings. The van der Waals surface area contributed by atoms with Gasteiger partial charge in [0.15, 0.2) is 0 Å². The van der Waals surface area contributed by atoms with Crippen molar-refractivity contribution >= 4 is 27.5 Å². The molecule has 0 aliphatic carbocycles. The van der Waals surface area contributed by atoms with E-state index in [1.165, 1.54) is 49.5 Å². The highest BCUT2D eigenvalue weighted by Gasteiger charge is 2.28. The maximum atomic E-state index is 13.6. The molecule has 0 fully saturated rings. The first kappa shape index (κ1) is 23.0. The minimum absolute atomic E-state index is 0.0335. The molecular formula is C23H22FN3O4S. The van der Waals surface area contributed by atoms with Crippen LogP contribution in [-0.4, -0.2) is 32.2 Å². The maximum absolute atomic E-state index is 13.6. The number of hydrogen-bond donors (Lipinski definition) is 2. The Bertz CT molecular complexity index is 1240. The summed E-state index contributed by atoms with van der Waals surface area (Å²) in [6.07, 6.45) is 0. The summed E-state index contributed by atoms with van der Waals surface area (Å²) < 4.78 is 41.3. The molecule has 2 amide bonds. The van der Waals surface area contributed by atoms with Gasteiger partial charge in [0, 0.05) is 18.3 Å². The van der Waals surface area contributed by atoms with Crippen molar-refractivity contribution < 1.29 is 22.4 Å². The van der Waals surface area contributed by atoms with E-state index in [9.17, 15) is 22.4 Å². The number of nitrogens with zero attached hydrogens (tertiary/aromatic N) is 1. The molecule has 1 atom stereocenters. The Morgan fingerprint density at radius 1 is 1.00 bits per heavy atom. The topological polar surface area (TPSA) is 110 Å². The van der Waals surface area contributed by atoms with E-state index in [0.29, 0.717) is 5.69 Å². The number of sulfonamides is 1. The molecule has 0 aliphatic heterocycles. The number of benzene rings is 3. The summed E-state index contributed by atoms with van der Waals surface area (Å²) in [5.74, 6) is -1.97. The van der Waals surface area contributed by atoms with Crippen molar-refractivity contribution in [2.24, 2.45) is 5.73 Å². The molecule has 0 aromatic heterocycles. The van der Waals surface area contributed by atoms with E-state index in [1.807, 2.05) is 6.92 Å². The Balaban J connectivity index is 1.81. The van der Waals surface area contributed by atoms with E-state index in [4.69, 9.17) is 5.73 Å². The van der Waals surface area contributed by atoms with Gasteiger partial charge in [-0.25, -0.2) is 12.8 Å². The highest BCUT2D eigenvalue weighted by Crippen LogP contribution is 2.23. The second kappa shape index (κ2) is 9.19. The zero-order valence-electron chi connectivity index (χ0n) is 17.4. The zero-order valence-corrected chi connectivity index (χ0v) is 18.3. The summed E-state index contributed by atoms with van der Waals surface area (Å²) >= 11 is 0. The van der Waals surface area contributed by atoms with Gasteiger partial charge < -0.3 is 10.6 Å². The highest BCUT2D eigenvalue weighted by molar-refractivity contribution is 7.92. The largest absolute Gasteiger partial charge is 0.368 e. The van der Waals surface area contributed by atoms with Gasteiger partial charge in [-0.1, -0.05) is 29.8 Å². The first-order chi connectivity index (χ1) is 15.1. The third-order valence-electron chi connectivity index (χ3n) is 4.86. The molecule has 3 N–H and O–H groups in total. The summed E-state index contributed by atoms with van der Waals surface area (Å²) in [5.41, 5.74) is 7.24. The summed E-state index contributed by atoms with van der Waals surface area (Å²) in [5, 5.41) is 0. The van der Waals surface area contributed by atoms with E-state index in [1.54, 1.807) is 24.3 Å². The number of aryl methyl sites for hydroxylation is 1. The van der Waals surface area contributed by atoms with Crippen LogP contribution in [0.4, 0.5) is 10.1 Å². The van der Waals surface area contributed by atoms with Crippen LogP contribution in [0.1, 0.15) is 27.5 Å². The van der Waals surface area contributed by atoms with Gasteiger partial charge in [0.2, 0.25) is 5.91 Å². The lowest BCUT2D eigenvalue weighted by atomic mass is 10.0. The van der Waals surface area contributed by atoms with Crippen LogP contribution < -0.4 is 10.5 Å². The normalized spacial score (nSPS) is 12.1. The molecule has 0 bridgehead atoms. The molecule has 0 saturated carbocycles. The Hall–Kier alpha value is -3.72. The molecule has 166 valence electrons. The third-order valence-corrected chi connectivity index (χ3v) is 6.25. The van der Waals surface area contributed by atoms with Gasteiger partial charge in [-0.05, 0) is 61.0 Å². The van der Waals surface area contributed by atoms with Crippen LogP contribution in [0.3, 0.4) is 0 Å². The first-order valence-corrected chi connectivity index (χ1v) is 11.1. The second-order valence-electron chi connectivity index (χ2n) is 7.27. The molecule has 3 aromatic rings. The van der Waals surface area contributed by atoms with Crippen molar-refractivity contribution in [3.63, 3.8) is 0 Å². The predicted molar refractivity (Wildman–Crippen MR) is 119 cm³/mol. The number of anilines is 1. The molecule has 7 nitrogen and oxygen atoms in total. The molecular weight excluding hydrogens is 433 g/mol. The van der Waals surface area contributed by atoms with E-state index in [2.05, 4.69) is 4.72 Å². The van der Waals surface area contributed by atoms with Crippen molar-refractivity contribution in [2.45, 2.75) is 17.9 Å². The SMILES string of the molecule is Cc1ccc(NS(=O)(=O)c2ccc(C(=O)N(C)C(C(N)=O)c3cccc(F)c3)cc2)cc1. The number of rotatable bonds is 7. The van der Waals surface area contributed by atoms with Gasteiger partial charge >= 0.3 is 0 Å². The standard InChI is InChI=1S/C23H22FN3O4S/c1-15-6-10-19(11-7-15)26-32(30,31)20-12-8-16(9-13-20)23(29)27(2)21(22(25)28)17-4-3-5-18(24)14-17/h3-14,21,26H,1-2H3,(H2,25,28). The number of amides is 2. The fourth-order valence-corrected chi connectivity index (χ4v) is 4.25. The molecule has 0 saturated heterocycles. The number of nitrogens with two attached hydrogens (primary N) is 1. The van der Waals surface area contributed by atoms with E-state index < -0.39 is 33.7 Å². The highest BCUT2D eigenvalue weighted by atomic mass is 32.2. The molecule has 0 heterocycles. The van der Waals surface area contributed by atoms with Crippen molar-refractivity contribution in [2.75, 3.05) is 11.8 Å². The van der Waals surface area contributed by atoms with Gasteiger partial charge in [-0.15, -0.1) is 0 Å². The number of primary amides is 1. The summed E-state index contributed by atoms with van der Waals surface area (Å²) in [7, 11) is -2.49. The van der Waals surface area contributed by atoms with Gasteiger partial charge in [0.05, 0.1) is 4.90 Å². The fourth-order valence-electron chi connectivity index (χ4n) is 3.19. The number of carbonyl (C=O) groups excluding carboxylic acids is 2. The Morgan fingerprint density at radius 2 is 1.62 bits per heavy atom. The van der Waals surface area contributed by atoms with Crippen molar-refractivity contribution in [3.05, 3.63) is 95.3 Å². The predicted octanol–water partition coefficient (Wildman–Crippen LogP) is 3.23. The Morgan fingerprint density at radius 3 is 2.19 bits per heavy atom. The maximum Gasteiger partial charge on any atom is 0.261 e. The van der Waals surface area contributed by atoms with Crippen LogP contribution in [0, 0.1) is 12.7 Å². The van der Waals surface area contributed by atoms with Crippen molar-refractivity contribution in [3.8, 4) is 0 Å². The lowest BCUT2D eigenvalue weighted by Gasteiger charge is -2.26. The van der Waals surface area contributed by atoms with Crippen molar-refractivity contribution in [1.29, 1.82) is 0 Å². The Kier molecular flexibility index (Phi) is 6.59. The zero-order chi connectivity index (χ0) is 23.5. The van der Waals surface area contributed by atoms with Crippen LogP contribution in [0.15, 0.2) is 77.7 Å². The van der Waals surface area contributed by atoms with Crippen LogP contribution in [0.2, 0.25) is 0 Å². The third kappa shape index (κ3) is 5.12. The van der Waals surface area contributed by atoms with Crippen LogP contribution in [0.5, 0.6) is 0 Å². The van der Waals surface area contributed by atoms with E-state index in [0.717, 1.165) is 16.5 Å². The lowest BCUT2D eigenvalue weighted by Crippen LogP contribution is -2.39. The molecule has 32 heavy (non-hydrogen) atoms. The average Bonchev–Trinajstić information content (AvgIpc) is 2.74. The smallest absolute Gasteiger partial charge is 0.261 e.